The Morgan fingerprint density at radius 3 is 2.16 bits per heavy atom. The van der Waals surface area contributed by atoms with Gasteiger partial charge in [-0.3, -0.25) is 19.4 Å². The summed E-state index contributed by atoms with van der Waals surface area (Å²) in [4.78, 5) is 37.1. The minimum absolute atomic E-state index is 0.149. The van der Waals surface area contributed by atoms with Gasteiger partial charge in [-0.15, -0.1) is 0 Å². The number of nitrogens with zero attached hydrogens (tertiary/aromatic N) is 2. The van der Waals surface area contributed by atoms with Crippen molar-refractivity contribution in [2.24, 2.45) is 0 Å². The molecule has 19 heavy (non-hydrogen) atoms. The molecule has 5 nitrogen and oxygen atoms in total. The predicted octanol–water partition coefficient (Wildman–Crippen LogP) is 2.55. The number of carbonyl (C=O) groups excluding carboxylic acids is 3. The monoisotopic (exact) mass is 268 g/mol. The molecule has 108 valence electrons. The molecule has 1 rings (SSSR count). The average Bonchev–Trinajstić information content (AvgIpc) is 2.75. The lowest BCUT2D eigenvalue weighted by molar-refractivity contribution is -0.127. The maximum Gasteiger partial charge on any atom is 0.333 e. The molecular formula is C14H24N2O3. The average molecular weight is 268 g/mol. The van der Waals surface area contributed by atoms with Crippen LogP contribution in [0.4, 0.5) is 4.79 Å². The second kappa shape index (κ2) is 7.92. The molecule has 0 aliphatic carbocycles. The fraction of sp³-hybridized carbons (Fsp3) is 0.786. The van der Waals surface area contributed by atoms with Crippen molar-refractivity contribution in [3.8, 4) is 0 Å². The van der Waals surface area contributed by atoms with E-state index in [1.165, 1.54) is 31.1 Å². The Kier molecular flexibility index (Phi) is 6.53. The van der Waals surface area contributed by atoms with Gasteiger partial charge in [0.05, 0.1) is 0 Å². The third kappa shape index (κ3) is 4.65. The van der Waals surface area contributed by atoms with Crippen molar-refractivity contribution < 1.29 is 14.4 Å². The van der Waals surface area contributed by atoms with E-state index in [1.54, 1.807) is 0 Å². The molecule has 1 aliphatic heterocycles. The van der Waals surface area contributed by atoms with Crippen molar-refractivity contribution in [1.29, 1.82) is 0 Å². The first-order valence-corrected chi connectivity index (χ1v) is 7.20. The van der Waals surface area contributed by atoms with E-state index in [0.29, 0.717) is 19.5 Å². The van der Waals surface area contributed by atoms with Gasteiger partial charge in [-0.1, -0.05) is 39.0 Å². The molecule has 0 spiro atoms. The number of carbonyl (C=O) groups is 3. The highest BCUT2D eigenvalue weighted by Crippen LogP contribution is 2.13. The van der Waals surface area contributed by atoms with E-state index in [9.17, 15) is 14.4 Å². The van der Waals surface area contributed by atoms with E-state index >= 15 is 0 Å². The van der Waals surface area contributed by atoms with Crippen LogP contribution < -0.4 is 0 Å². The Balaban J connectivity index is 2.24. The van der Waals surface area contributed by atoms with Gasteiger partial charge in [0.25, 0.3) is 0 Å². The Bertz CT molecular complexity index is 342. The SMILES string of the molecule is CCCCCCCCC(=O)N1CCN(C(C)=O)C1=O. The summed E-state index contributed by atoms with van der Waals surface area (Å²) >= 11 is 0. The number of amides is 4. The van der Waals surface area contributed by atoms with Gasteiger partial charge in [-0.25, -0.2) is 4.79 Å². The summed E-state index contributed by atoms with van der Waals surface area (Å²) in [7, 11) is 0. The van der Waals surface area contributed by atoms with Crippen molar-refractivity contribution in [3.63, 3.8) is 0 Å². The smallest absolute Gasteiger partial charge is 0.275 e. The van der Waals surface area contributed by atoms with Crippen LogP contribution >= 0.6 is 0 Å². The second-order valence-corrected chi connectivity index (χ2v) is 5.02. The molecule has 4 amide bonds. The van der Waals surface area contributed by atoms with E-state index in [-0.39, 0.29) is 11.8 Å². The molecule has 1 fully saturated rings. The number of urea groups is 1. The van der Waals surface area contributed by atoms with Crippen molar-refractivity contribution in [3.05, 3.63) is 0 Å². The van der Waals surface area contributed by atoms with Crippen LogP contribution in [0.1, 0.15) is 58.8 Å². The Morgan fingerprint density at radius 1 is 1.00 bits per heavy atom. The first kappa shape index (κ1) is 15.7. The molecule has 0 radical (unpaired) electrons. The molecule has 0 bridgehead atoms. The van der Waals surface area contributed by atoms with Gasteiger partial charge < -0.3 is 0 Å². The fourth-order valence-electron chi connectivity index (χ4n) is 2.25. The lowest BCUT2D eigenvalue weighted by Crippen LogP contribution is -2.37. The molecule has 0 N–H and O–H groups in total. The molecule has 0 atom stereocenters. The van der Waals surface area contributed by atoms with Crippen LogP contribution in [0.25, 0.3) is 0 Å². The molecule has 0 aromatic rings. The quantitative estimate of drug-likeness (QED) is 0.667. The van der Waals surface area contributed by atoms with E-state index < -0.39 is 6.03 Å². The summed E-state index contributed by atoms with van der Waals surface area (Å²) in [5, 5.41) is 0. The summed E-state index contributed by atoms with van der Waals surface area (Å²) in [6, 6.07) is -0.455. The van der Waals surface area contributed by atoms with Crippen molar-refractivity contribution >= 4 is 17.8 Å². The summed E-state index contributed by atoms with van der Waals surface area (Å²) in [6.45, 7) is 4.19. The van der Waals surface area contributed by atoms with E-state index in [2.05, 4.69) is 6.92 Å². The van der Waals surface area contributed by atoms with Gasteiger partial charge in [0, 0.05) is 26.4 Å². The minimum atomic E-state index is -0.455. The number of imide groups is 2. The maximum atomic E-state index is 11.9. The fourth-order valence-corrected chi connectivity index (χ4v) is 2.25. The zero-order chi connectivity index (χ0) is 14.3. The van der Waals surface area contributed by atoms with Crippen LogP contribution in [-0.2, 0) is 9.59 Å². The predicted molar refractivity (Wildman–Crippen MR) is 72.5 cm³/mol. The maximum absolute atomic E-state index is 11.9. The summed E-state index contributed by atoms with van der Waals surface area (Å²) in [6.07, 6.45) is 7.08. The third-order valence-electron chi connectivity index (χ3n) is 3.43. The van der Waals surface area contributed by atoms with Crippen molar-refractivity contribution in [2.75, 3.05) is 13.1 Å². The van der Waals surface area contributed by atoms with Gasteiger partial charge in [0.1, 0.15) is 0 Å². The Labute approximate surface area is 114 Å². The summed E-state index contributed by atoms with van der Waals surface area (Å²) < 4.78 is 0. The number of hydrogen-bond donors (Lipinski definition) is 0. The molecule has 0 aromatic heterocycles. The molecule has 1 heterocycles. The molecule has 0 unspecified atom stereocenters. The molecular weight excluding hydrogens is 244 g/mol. The van der Waals surface area contributed by atoms with Crippen LogP contribution in [0.3, 0.4) is 0 Å². The third-order valence-corrected chi connectivity index (χ3v) is 3.43. The molecule has 1 saturated heterocycles. The minimum Gasteiger partial charge on any atom is -0.275 e. The van der Waals surface area contributed by atoms with Gasteiger partial charge >= 0.3 is 6.03 Å². The zero-order valence-electron chi connectivity index (χ0n) is 12.0. The Morgan fingerprint density at radius 2 is 1.58 bits per heavy atom. The molecule has 0 aromatic carbocycles. The lowest BCUT2D eigenvalue weighted by atomic mass is 10.1. The number of unbranched alkanes of at least 4 members (excludes halogenated alkanes) is 5. The van der Waals surface area contributed by atoms with Crippen LogP contribution in [0.5, 0.6) is 0 Å². The standard InChI is InChI=1S/C14H24N2O3/c1-3-4-5-6-7-8-9-13(18)16-11-10-15(12(2)17)14(16)19/h3-11H2,1-2H3. The van der Waals surface area contributed by atoms with E-state index in [1.807, 2.05) is 0 Å². The molecule has 1 aliphatic rings. The van der Waals surface area contributed by atoms with Crippen LogP contribution in [0.2, 0.25) is 0 Å². The zero-order valence-corrected chi connectivity index (χ0v) is 12.0. The van der Waals surface area contributed by atoms with Crippen LogP contribution in [0, 0.1) is 0 Å². The van der Waals surface area contributed by atoms with Gasteiger partial charge in [-0.05, 0) is 6.42 Å². The van der Waals surface area contributed by atoms with Gasteiger partial charge in [-0.2, -0.15) is 0 Å². The summed E-state index contributed by atoms with van der Waals surface area (Å²) in [5.74, 6) is -0.441. The largest absolute Gasteiger partial charge is 0.333 e. The molecule has 0 saturated carbocycles. The van der Waals surface area contributed by atoms with Crippen LogP contribution in [0.15, 0.2) is 0 Å². The highest BCUT2D eigenvalue weighted by molar-refractivity contribution is 6.03. The Hall–Kier alpha value is -1.39. The number of hydrogen-bond acceptors (Lipinski definition) is 3. The normalized spacial score (nSPS) is 15.2. The highest BCUT2D eigenvalue weighted by atomic mass is 16.2. The van der Waals surface area contributed by atoms with Crippen molar-refractivity contribution in [2.45, 2.75) is 58.8 Å². The first-order chi connectivity index (χ1) is 9.07. The first-order valence-electron chi connectivity index (χ1n) is 7.20. The van der Waals surface area contributed by atoms with Crippen molar-refractivity contribution in [1.82, 2.24) is 9.80 Å². The van der Waals surface area contributed by atoms with Gasteiger partial charge in [0.15, 0.2) is 0 Å². The topological polar surface area (TPSA) is 57.7 Å². The summed E-state index contributed by atoms with van der Waals surface area (Å²) in [5.41, 5.74) is 0. The highest BCUT2D eigenvalue weighted by Gasteiger charge is 2.34. The second-order valence-electron chi connectivity index (χ2n) is 5.02. The number of rotatable bonds is 7. The van der Waals surface area contributed by atoms with E-state index in [0.717, 1.165) is 24.2 Å². The van der Waals surface area contributed by atoms with Crippen LogP contribution in [-0.4, -0.2) is 40.7 Å². The lowest BCUT2D eigenvalue weighted by Gasteiger charge is -2.14. The van der Waals surface area contributed by atoms with E-state index in [4.69, 9.17) is 0 Å². The van der Waals surface area contributed by atoms with Gasteiger partial charge in [0.2, 0.25) is 11.8 Å². The molecule has 5 heteroatoms.